The second-order valence-corrected chi connectivity index (χ2v) is 10.1. The van der Waals surface area contributed by atoms with Gasteiger partial charge in [-0.25, -0.2) is 4.79 Å². The molecule has 0 saturated heterocycles. The monoisotopic (exact) mass is 551 g/mol. The molecule has 7 heteroatoms. The van der Waals surface area contributed by atoms with Crippen LogP contribution in [0.1, 0.15) is 34.2 Å². The summed E-state index contributed by atoms with van der Waals surface area (Å²) in [4.78, 5) is 26.6. The lowest BCUT2D eigenvalue weighted by atomic mass is 9.95. The number of benzene rings is 3. The summed E-state index contributed by atoms with van der Waals surface area (Å²) in [6, 6.07) is 19.2. The van der Waals surface area contributed by atoms with Gasteiger partial charge < -0.3 is 14.5 Å². The molecule has 1 N–H and O–H groups in total. The number of ether oxygens (including phenoxy) is 1. The quantitative estimate of drug-likeness (QED) is 0.281. The van der Waals surface area contributed by atoms with Crippen LogP contribution in [-0.4, -0.2) is 24.0 Å². The lowest BCUT2D eigenvalue weighted by molar-refractivity contribution is -0.150. The number of carbonyl (C=O) groups is 2. The van der Waals surface area contributed by atoms with Crippen molar-refractivity contribution in [3.05, 3.63) is 92.6 Å². The number of halogens is 2. The number of aryl methyl sites for hydroxylation is 1. The van der Waals surface area contributed by atoms with Crippen LogP contribution < -0.4 is 5.32 Å². The van der Waals surface area contributed by atoms with Gasteiger partial charge >= 0.3 is 5.97 Å². The Morgan fingerprint density at radius 3 is 2.54 bits per heavy atom. The summed E-state index contributed by atoms with van der Waals surface area (Å²) < 4.78 is 12.3. The van der Waals surface area contributed by atoms with Crippen LogP contribution in [-0.2, 0) is 22.4 Å². The molecule has 1 unspecified atom stereocenters. The highest BCUT2D eigenvalue weighted by Crippen LogP contribution is 2.37. The minimum atomic E-state index is -1.20. The molecule has 0 saturated carbocycles. The summed E-state index contributed by atoms with van der Waals surface area (Å²) in [7, 11) is 0. The van der Waals surface area contributed by atoms with Crippen molar-refractivity contribution in [2.45, 2.75) is 32.2 Å². The highest BCUT2D eigenvalue weighted by Gasteiger charge is 2.47. The molecule has 1 amide bonds. The van der Waals surface area contributed by atoms with E-state index in [1.807, 2.05) is 67.6 Å². The molecule has 4 aromatic rings. The molecule has 1 aliphatic rings. The average molecular weight is 553 g/mol. The zero-order valence-electron chi connectivity index (χ0n) is 19.3. The fourth-order valence-electron chi connectivity index (χ4n) is 4.75. The molecule has 1 heterocycles. The van der Waals surface area contributed by atoms with E-state index in [1.54, 1.807) is 6.92 Å². The number of hydrogen-bond donors (Lipinski definition) is 1. The Bertz CT molecular complexity index is 1460. The van der Waals surface area contributed by atoms with Crippen LogP contribution in [0.25, 0.3) is 22.1 Å². The number of nitrogens with one attached hydrogen (secondary N) is 1. The summed E-state index contributed by atoms with van der Waals surface area (Å²) >= 11 is 9.59. The maximum atomic E-state index is 13.5. The fourth-order valence-corrected chi connectivity index (χ4v) is 5.42. The van der Waals surface area contributed by atoms with Crippen molar-refractivity contribution in [1.82, 2.24) is 5.32 Å². The Kier molecular flexibility index (Phi) is 6.20. The van der Waals surface area contributed by atoms with E-state index in [-0.39, 0.29) is 12.4 Å². The summed E-state index contributed by atoms with van der Waals surface area (Å²) in [5.74, 6) is -0.703. The third-order valence-corrected chi connectivity index (χ3v) is 7.52. The molecule has 5 rings (SSSR count). The highest BCUT2D eigenvalue weighted by atomic mass is 79.9. The van der Waals surface area contributed by atoms with Crippen molar-refractivity contribution in [3.63, 3.8) is 0 Å². The number of carbonyl (C=O) groups excluding carboxylic acids is 2. The lowest BCUT2D eigenvalue weighted by Gasteiger charge is -2.27. The Hall–Kier alpha value is -3.09. The van der Waals surface area contributed by atoms with E-state index in [9.17, 15) is 9.59 Å². The van der Waals surface area contributed by atoms with Crippen molar-refractivity contribution in [1.29, 1.82) is 0 Å². The van der Waals surface area contributed by atoms with Crippen LogP contribution in [0.5, 0.6) is 0 Å². The molecular weight excluding hydrogens is 530 g/mol. The van der Waals surface area contributed by atoms with Crippen LogP contribution in [0.4, 0.5) is 0 Å². The number of rotatable bonds is 5. The van der Waals surface area contributed by atoms with Crippen molar-refractivity contribution in [3.8, 4) is 11.1 Å². The SMILES string of the molecule is CCOC(=O)C1(NC(=O)c2oc3cc(-c4ccc(Cl)cc4)ccc3c2C)Cc2cccc(Br)c2C1. The van der Waals surface area contributed by atoms with E-state index >= 15 is 0 Å². The van der Waals surface area contributed by atoms with Gasteiger partial charge in [-0.15, -0.1) is 0 Å². The third-order valence-electron chi connectivity index (χ3n) is 6.53. The number of amides is 1. The molecular formula is C28H23BrClNO4. The summed E-state index contributed by atoms with van der Waals surface area (Å²) in [6.45, 7) is 3.83. The van der Waals surface area contributed by atoms with Crippen molar-refractivity contribution in [2.75, 3.05) is 6.61 Å². The van der Waals surface area contributed by atoms with Gasteiger partial charge in [-0.3, -0.25) is 4.79 Å². The molecule has 35 heavy (non-hydrogen) atoms. The van der Waals surface area contributed by atoms with Crippen LogP contribution >= 0.6 is 27.5 Å². The predicted octanol–water partition coefficient (Wildman–Crippen LogP) is 6.65. The van der Waals surface area contributed by atoms with Crippen molar-refractivity contribution >= 4 is 50.4 Å². The van der Waals surface area contributed by atoms with E-state index in [0.29, 0.717) is 23.4 Å². The molecule has 0 bridgehead atoms. The predicted molar refractivity (Wildman–Crippen MR) is 140 cm³/mol. The fraction of sp³-hybridized carbons (Fsp3) is 0.214. The van der Waals surface area contributed by atoms with Gasteiger partial charge in [-0.1, -0.05) is 63.9 Å². The van der Waals surface area contributed by atoms with Gasteiger partial charge in [-0.2, -0.15) is 0 Å². The smallest absolute Gasteiger partial charge is 0.332 e. The van der Waals surface area contributed by atoms with Gasteiger partial charge in [0.25, 0.3) is 5.91 Å². The summed E-state index contributed by atoms with van der Waals surface area (Å²) in [5, 5.41) is 4.49. The van der Waals surface area contributed by atoms with Gasteiger partial charge in [0.05, 0.1) is 6.61 Å². The molecule has 0 fully saturated rings. The molecule has 0 radical (unpaired) electrons. The second-order valence-electron chi connectivity index (χ2n) is 8.76. The molecule has 1 atom stereocenters. The first-order valence-corrected chi connectivity index (χ1v) is 12.5. The lowest BCUT2D eigenvalue weighted by Crippen LogP contribution is -2.56. The largest absolute Gasteiger partial charge is 0.464 e. The first-order chi connectivity index (χ1) is 16.8. The summed E-state index contributed by atoms with van der Waals surface area (Å²) in [5.41, 5.74) is 4.06. The zero-order valence-corrected chi connectivity index (χ0v) is 21.6. The second kappa shape index (κ2) is 9.17. The molecule has 0 spiro atoms. The number of fused-ring (bicyclic) bond motifs is 2. The van der Waals surface area contributed by atoms with E-state index in [4.69, 9.17) is 20.8 Å². The van der Waals surface area contributed by atoms with Gasteiger partial charge in [0, 0.05) is 33.3 Å². The normalized spacial score (nSPS) is 16.8. The Morgan fingerprint density at radius 2 is 1.83 bits per heavy atom. The Morgan fingerprint density at radius 1 is 1.09 bits per heavy atom. The first-order valence-electron chi connectivity index (χ1n) is 11.4. The minimum absolute atomic E-state index is 0.187. The zero-order chi connectivity index (χ0) is 24.7. The van der Waals surface area contributed by atoms with E-state index in [0.717, 1.165) is 37.7 Å². The van der Waals surface area contributed by atoms with Gasteiger partial charge in [0.1, 0.15) is 11.1 Å². The molecule has 5 nitrogen and oxygen atoms in total. The van der Waals surface area contributed by atoms with Crippen LogP contribution in [0.2, 0.25) is 5.02 Å². The van der Waals surface area contributed by atoms with Crippen LogP contribution in [0.15, 0.2) is 69.6 Å². The molecule has 3 aromatic carbocycles. The van der Waals surface area contributed by atoms with Gasteiger partial charge in [0.15, 0.2) is 5.76 Å². The topological polar surface area (TPSA) is 68.5 Å². The van der Waals surface area contributed by atoms with E-state index in [2.05, 4.69) is 21.2 Å². The summed E-state index contributed by atoms with van der Waals surface area (Å²) in [6.07, 6.45) is 0.695. The number of furan rings is 1. The molecule has 1 aromatic heterocycles. The Labute approximate surface area is 216 Å². The van der Waals surface area contributed by atoms with E-state index in [1.165, 1.54) is 0 Å². The maximum Gasteiger partial charge on any atom is 0.332 e. The van der Waals surface area contributed by atoms with Gasteiger partial charge in [-0.05, 0) is 60.4 Å². The standard InChI is InChI=1S/C28H23BrClNO4/c1-3-34-27(33)28(14-19-5-4-6-23(29)22(19)15-28)31-26(32)25-16(2)21-12-9-18(13-24(21)35-25)17-7-10-20(30)11-8-17/h4-13H,3,14-15H2,1-2H3,(H,31,32). The number of hydrogen-bond acceptors (Lipinski definition) is 4. The molecule has 178 valence electrons. The minimum Gasteiger partial charge on any atom is -0.464 e. The molecule has 1 aliphatic carbocycles. The van der Waals surface area contributed by atoms with Crippen molar-refractivity contribution < 1.29 is 18.7 Å². The van der Waals surface area contributed by atoms with Crippen LogP contribution in [0, 0.1) is 6.92 Å². The van der Waals surface area contributed by atoms with E-state index < -0.39 is 17.4 Å². The highest BCUT2D eigenvalue weighted by molar-refractivity contribution is 9.10. The van der Waals surface area contributed by atoms with Crippen LogP contribution in [0.3, 0.4) is 0 Å². The van der Waals surface area contributed by atoms with Crippen molar-refractivity contribution in [2.24, 2.45) is 0 Å². The van der Waals surface area contributed by atoms with Gasteiger partial charge in [0.2, 0.25) is 0 Å². The third kappa shape index (κ3) is 4.26. The maximum absolute atomic E-state index is 13.5. The average Bonchev–Trinajstić information content (AvgIpc) is 3.39. The number of esters is 1. The first kappa shape index (κ1) is 23.6. The Balaban J connectivity index is 1.49. The molecule has 0 aliphatic heterocycles.